The van der Waals surface area contributed by atoms with Gasteiger partial charge in [0, 0.05) is 19.3 Å². The number of hydrogen-bond donors (Lipinski definition) is 1. The average molecular weight is 278 g/mol. The van der Waals surface area contributed by atoms with Crippen molar-refractivity contribution >= 4 is 11.7 Å². The van der Waals surface area contributed by atoms with Crippen molar-refractivity contribution in [1.29, 1.82) is 0 Å². The van der Waals surface area contributed by atoms with Gasteiger partial charge in [0.25, 0.3) is 0 Å². The molecular weight excluding hydrogens is 252 g/mol. The van der Waals surface area contributed by atoms with Crippen LogP contribution in [0.2, 0.25) is 0 Å². The Kier molecular flexibility index (Phi) is 6.02. The summed E-state index contributed by atoms with van der Waals surface area (Å²) in [6, 6.07) is 8.16. The zero-order valence-corrected chi connectivity index (χ0v) is 13.2. The molecule has 0 aliphatic heterocycles. The fourth-order valence-electron chi connectivity index (χ4n) is 2.37. The highest BCUT2D eigenvalue weighted by Gasteiger charge is 2.35. The lowest BCUT2D eigenvalue weighted by atomic mass is 10.0. The molecule has 1 atom stereocenters. The van der Waals surface area contributed by atoms with Crippen molar-refractivity contribution < 1.29 is 9.53 Å². The predicted octanol–water partition coefficient (Wildman–Crippen LogP) is 2.36. The number of nitrogens with zero attached hydrogens (tertiary/aromatic N) is 1. The molecule has 0 radical (unpaired) electrons. The molecule has 1 aromatic rings. The van der Waals surface area contributed by atoms with Gasteiger partial charge in [0.15, 0.2) is 0 Å². The molecule has 0 saturated carbocycles. The van der Waals surface area contributed by atoms with E-state index in [0.29, 0.717) is 6.54 Å². The van der Waals surface area contributed by atoms with E-state index in [0.717, 1.165) is 18.7 Å². The highest BCUT2D eigenvalue weighted by atomic mass is 16.5. The summed E-state index contributed by atoms with van der Waals surface area (Å²) in [6.07, 6.45) is 0.973. The van der Waals surface area contributed by atoms with E-state index < -0.39 is 5.54 Å². The number of rotatable bonds is 7. The zero-order valence-electron chi connectivity index (χ0n) is 13.2. The first-order valence-electron chi connectivity index (χ1n) is 7.05. The number of benzene rings is 1. The fraction of sp³-hybridized carbons (Fsp3) is 0.562. The van der Waals surface area contributed by atoms with Crippen LogP contribution in [-0.2, 0) is 9.53 Å². The molecule has 1 rings (SSSR count). The van der Waals surface area contributed by atoms with Gasteiger partial charge >= 0.3 is 5.97 Å². The molecule has 0 fully saturated rings. The number of carbonyl (C=O) groups is 1. The van der Waals surface area contributed by atoms with Crippen molar-refractivity contribution in [2.24, 2.45) is 0 Å². The van der Waals surface area contributed by atoms with E-state index in [4.69, 9.17) is 4.74 Å². The van der Waals surface area contributed by atoms with Crippen LogP contribution in [0, 0.1) is 6.92 Å². The minimum Gasteiger partial charge on any atom is -0.468 e. The average Bonchev–Trinajstić information content (AvgIpc) is 2.44. The van der Waals surface area contributed by atoms with Crippen molar-refractivity contribution in [3.05, 3.63) is 29.8 Å². The molecule has 0 bridgehead atoms. The van der Waals surface area contributed by atoms with Crippen molar-refractivity contribution in [1.82, 2.24) is 5.32 Å². The summed E-state index contributed by atoms with van der Waals surface area (Å²) in [7, 11) is 3.43. The summed E-state index contributed by atoms with van der Waals surface area (Å²) in [6.45, 7) is 7.39. The first-order valence-corrected chi connectivity index (χ1v) is 7.05. The molecule has 112 valence electrons. The predicted molar refractivity (Wildman–Crippen MR) is 83.2 cm³/mol. The van der Waals surface area contributed by atoms with Crippen molar-refractivity contribution in [2.75, 3.05) is 32.1 Å². The van der Waals surface area contributed by atoms with Crippen LogP contribution < -0.4 is 10.2 Å². The van der Waals surface area contributed by atoms with Crippen LogP contribution >= 0.6 is 0 Å². The van der Waals surface area contributed by atoms with Crippen LogP contribution in [-0.4, -0.2) is 38.8 Å². The lowest BCUT2D eigenvalue weighted by molar-refractivity contribution is -0.147. The van der Waals surface area contributed by atoms with Crippen LogP contribution in [0.25, 0.3) is 0 Å². The highest BCUT2D eigenvalue weighted by Crippen LogP contribution is 2.20. The number of anilines is 1. The zero-order chi connectivity index (χ0) is 15.2. The fourth-order valence-corrected chi connectivity index (χ4v) is 2.37. The second-order valence-electron chi connectivity index (χ2n) is 5.39. The monoisotopic (exact) mass is 278 g/mol. The Morgan fingerprint density at radius 3 is 2.60 bits per heavy atom. The third-order valence-corrected chi connectivity index (χ3v) is 3.48. The molecule has 1 N–H and O–H groups in total. The van der Waals surface area contributed by atoms with E-state index in [1.807, 2.05) is 26.1 Å². The molecule has 0 aromatic heterocycles. The Labute approximate surface area is 122 Å². The Bertz CT molecular complexity index is 448. The van der Waals surface area contributed by atoms with Gasteiger partial charge in [0.05, 0.1) is 7.11 Å². The molecule has 4 heteroatoms. The Morgan fingerprint density at radius 1 is 1.40 bits per heavy atom. The quantitative estimate of drug-likeness (QED) is 0.778. The molecule has 0 saturated heterocycles. The summed E-state index contributed by atoms with van der Waals surface area (Å²) in [5.41, 5.74) is 1.61. The van der Waals surface area contributed by atoms with Gasteiger partial charge in [-0.3, -0.25) is 0 Å². The molecule has 4 nitrogen and oxygen atoms in total. The van der Waals surface area contributed by atoms with Gasteiger partial charge in [-0.25, -0.2) is 4.79 Å². The van der Waals surface area contributed by atoms with Crippen molar-refractivity contribution in [3.63, 3.8) is 0 Å². The first kappa shape index (κ1) is 16.5. The third kappa shape index (κ3) is 3.97. The van der Waals surface area contributed by atoms with Gasteiger partial charge in [-0.05, 0) is 38.4 Å². The third-order valence-electron chi connectivity index (χ3n) is 3.48. The van der Waals surface area contributed by atoms with E-state index in [-0.39, 0.29) is 5.97 Å². The van der Waals surface area contributed by atoms with Crippen LogP contribution in [0.1, 0.15) is 25.8 Å². The highest BCUT2D eigenvalue weighted by molar-refractivity contribution is 5.81. The van der Waals surface area contributed by atoms with E-state index in [2.05, 4.69) is 36.2 Å². The van der Waals surface area contributed by atoms with Gasteiger partial charge in [-0.1, -0.05) is 25.1 Å². The van der Waals surface area contributed by atoms with Crippen molar-refractivity contribution in [2.45, 2.75) is 32.7 Å². The van der Waals surface area contributed by atoms with Crippen LogP contribution in [0.5, 0.6) is 0 Å². The van der Waals surface area contributed by atoms with E-state index >= 15 is 0 Å². The maximum Gasteiger partial charge on any atom is 0.327 e. The van der Waals surface area contributed by atoms with Crippen LogP contribution in [0.3, 0.4) is 0 Å². The maximum atomic E-state index is 12.1. The molecule has 0 aliphatic rings. The van der Waals surface area contributed by atoms with Gasteiger partial charge in [-0.2, -0.15) is 0 Å². The van der Waals surface area contributed by atoms with Crippen LogP contribution in [0.4, 0.5) is 5.69 Å². The molecule has 0 spiro atoms. The number of ether oxygens (including phenoxy) is 1. The topological polar surface area (TPSA) is 41.6 Å². The molecule has 0 aliphatic carbocycles. The minimum absolute atomic E-state index is 0.230. The number of aryl methyl sites for hydroxylation is 1. The minimum atomic E-state index is -0.707. The summed E-state index contributed by atoms with van der Waals surface area (Å²) in [5, 5.41) is 3.30. The lowest BCUT2D eigenvalue weighted by Crippen LogP contribution is -2.57. The number of para-hydroxylation sites is 1. The molecule has 1 aromatic carbocycles. The van der Waals surface area contributed by atoms with Gasteiger partial charge in [-0.15, -0.1) is 0 Å². The summed E-state index contributed by atoms with van der Waals surface area (Å²) < 4.78 is 4.95. The molecule has 0 heterocycles. The Balaban J connectivity index is 2.89. The summed E-state index contributed by atoms with van der Waals surface area (Å²) >= 11 is 0. The second kappa shape index (κ2) is 7.29. The molecule has 1 unspecified atom stereocenters. The van der Waals surface area contributed by atoms with E-state index in [9.17, 15) is 4.79 Å². The number of carbonyl (C=O) groups excluding carboxylic acids is 1. The maximum absolute atomic E-state index is 12.1. The van der Waals surface area contributed by atoms with E-state index in [1.165, 1.54) is 12.7 Å². The van der Waals surface area contributed by atoms with Gasteiger partial charge in [0.1, 0.15) is 5.54 Å². The number of esters is 1. The molecule has 0 amide bonds. The van der Waals surface area contributed by atoms with Gasteiger partial charge in [0.2, 0.25) is 0 Å². The molecular formula is C16H26N2O2. The number of methoxy groups -OCH3 is 1. The number of likely N-dealkylation sites (N-methyl/N-ethyl adjacent to an activating group) is 1. The number of hydrogen-bond acceptors (Lipinski definition) is 4. The lowest BCUT2D eigenvalue weighted by Gasteiger charge is -2.34. The largest absolute Gasteiger partial charge is 0.468 e. The SMILES string of the molecule is CCCNC(C)(CN(C)c1ccccc1C)C(=O)OC. The smallest absolute Gasteiger partial charge is 0.327 e. The second-order valence-corrected chi connectivity index (χ2v) is 5.39. The summed E-state index contributed by atoms with van der Waals surface area (Å²) in [4.78, 5) is 14.2. The Hall–Kier alpha value is -1.55. The Morgan fingerprint density at radius 2 is 2.05 bits per heavy atom. The number of nitrogens with one attached hydrogen (secondary N) is 1. The first-order chi connectivity index (χ1) is 9.44. The normalized spacial score (nSPS) is 13.7. The summed E-state index contributed by atoms with van der Waals surface area (Å²) in [5.74, 6) is -0.230. The van der Waals surface area contributed by atoms with E-state index in [1.54, 1.807) is 0 Å². The van der Waals surface area contributed by atoms with Gasteiger partial charge < -0.3 is 15.0 Å². The van der Waals surface area contributed by atoms with Crippen LogP contribution in [0.15, 0.2) is 24.3 Å². The van der Waals surface area contributed by atoms with Crippen molar-refractivity contribution in [3.8, 4) is 0 Å². The molecule has 20 heavy (non-hydrogen) atoms. The standard InChI is InChI=1S/C16H26N2O2/c1-6-11-17-16(3,15(19)20-5)12-18(4)14-10-8-7-9-13(14)2/h7-10,17H,6,11-12H2,1-5H3.